The molecule has 0 saturated heterocycles. The van der Waals surface area contributed by atoms with E-state index in [9.17, 15) is 4.79 Å². The zero-order chi connectivity index (χ0) is 14.5. The highest BCUT2D eigenvalue weighted by Gasteiger charge is 2.07. The van der Waals surface area contributed by atoms with Crippen LogP contribution in [0.15, 0.2) is 47.6 Å². The van der Waals surface area contributed by atoms with Gasteiger partial charge < -0.3 is 5.11 Å². The molecule has 0 spiro atoms. The lowest BCUT2D eigenvalue weighted by molar-refractivity contribution is 0.0698. The number of carboxylic acid groups (broad SMARTS) is 1. The average Bonchev–Trinajstić information content (AvgIpc) is 2.38. The number of anilines is 1. The van der Waals surface area contributed by atoms with E-state index in [-0.39, 0.29) is 5.56 Å². The molecule has 0 atom stereocenters. The van der Waals surface area contributed by atoms with Gasteiger partial charge in [0, 0.05) is 5.02 Å². The Morgan fingerprint density at radius 2 is 2.05 bits per heavy atom. The van der Waals surface area contributed by atoms with Crippen molar-refractivity contribution in [3.63, 3.8) is 0 Å². The highest BCUT2D eigenvalue weighted by atomic mass is 35.5. The summed E-state index contributed by atoms with van der Waals surface area (Å²) < 4.78 is 0. The maximum Gasteiger partial charge on any atom is 0.337 e. The van der Waals surface area contributed by atoms with E-state index in [0.717, 1.165) is 11.1 Å². The number of hydrogen-bond acceptors (Lipinski definition) is 3. The third kappa shape index (κ3) is 3.59. The van der Waals surface area contributed by atoms with E-state index in [2.05, 4.69) is 10.5 Å². The van der Waals surface area contributed by atoms with Gasteiger partial charge in [-0.05, 0) is 42.3 Å². The van der Waals surface area contributed by atoms with Crippen molar-refractivity contribution in [2.24, 2.45) is 5.10 Å². The Labute approximate surface area is 121 Å². The van der Waals surface area contributed by atoms with Gasteiger partial charge in [-0.3, -0.25) is 5.43 Å². The van der Waals surface area contributed by atoms with Crippen LogP contribution in [-0.4, -0.2) is 17.3 Å². The van der Waals surface area contributed by atoms with E-state index in [1.807, 2.05) is 19.1 Å². The lowest BCUT2D eigenvalue weighted by atomic mass is 10.1. The Morgan fingerprint density at radius 3 is 2.75 bits per heavy atom. The normalized spacial score (nSPS) is 10.7. The standard InChI is InChI=1S/C15H13ClN2O2/c1-10-6-11(8-12(16)7-10)9-17-18-14-5-3-2-4-13(14)15(19)20/h2-9,18H,1H3,(H,19,20)/b17-9+. The number of carbonyl (C=O) groups is 1. The Hall–Kier alpha value is -2.33. The van der Waals surface area contributed by atoms with Crippen LogP contribution in [-0.2, 0) is 0 Å². The molecule has 0 aliphatic rings. The van der Waals surface area contributed by atoms with Crippen LogP contribution < -0.4 is 5.43 Å². The topological polar surface area (TPSA) is 61.7 Å². The summed E-state index contributed by atoms with van der Waals surface area (Å²) in [5.74, 6) is -0.998. The van der Waals surface area contributed by atoms with Gasteiger partial charge in [0.25, 0.3) is 0 Å². The molecule has 0 radical (unpaired) electrons. The van der Waals surface area contributed by atoms with Gasteiger partial charge in [-0.1, -0.05) is 29.8 Å². The van der Waals surface area contributed by atoms with Crippen LogP contribution >= 0.6 is 11.6 Å². The first-order valence-electron chi connectivity index (χ1n) is 5.95. The number of aromatic carboxylic acids is 1. The van der Waals surface area contributed by atoms with Crippen LogP contribution in [0.4, 0.5) is 5.69 Å². The van der Waals surface area contributed by atoms with E-state index >= 15 is 0 Å². The molecule has 2 rings (SSSR count). The molecule has 0 heterocycles. The van der Waals surface area contributed by atoms with Gasteiger partial charge in [0.1, 0.15) is 0 Å². The van der Waals surface area contributed by atoms with Gasteiger partial charge >= 0.3 is 5.97 Å². The second-order valence-corrected chi connectivity index (χ2v) is 4.72. The van der Waals surface area contributed by atoms with Crippen molar-refractivity contribution in [3.05, 3.63) is 64.2 Å². The number of carboxylic acids is 1. The SMILES string of the molecule is Cc1cc(Cl)cc(/C=N/Nc2ccccc2C(=O)O)c1. The Kier molecular flexibility index (Phi) is 4.38. The highest BCUT2D eigenvalue weighted by Crippen LogP contribution is 2.15. The Bertz CT molecular complexity index is 648. The van der Waals surface area contributed by atoms with E-state index in [1.54, 1.807) is 30.5 Å². The first-order valence-corrected chi connectivity index (χ1v) is 6.32. The summed E-state index contributed by atoms with van der Waals surface area (Å²) in [4.78, 5) is 11.0. The number of hydrazone groups is 1. The number of para-hydroxylation sites is 1. The predicted octanol–water partition coefficient (Wildman–Crippen LogP) is 3.79. The molecule has 0 fully saturated rings. The summed E-state index contributed by atoms with van der Waals surface area (Å²) in [5.41, 5.74) is 5.22. The third-order valence-electron chi connectivity index (χ3n) is 2.62. The van der Waals surface area contributed by atoms with Crippen LogP contribution in [0.5, 0.6) is 0 Å². The third-order valence-corrected chi connectivity index (χ3v) is 2.84. The quantitative estimate of drug-likeness (QED) is 0.664. The molecule has 2 aromatic rings. The molecule has 0 aliphatic carbocycles. The van der Waals surface area contributed by atoms with Gasteiger partial charge in [-0.2, -0.15) is 5.10 Å². The van der Waals surface area contributed by atoms with E-state index in [0.29, 0.717) is 10.7 Å². The Balaban J connectivity index is 2.16. The number of benzene rings is 2. The smallest absolute Gasteiger partial charge is 0.337 e. The molecule has 0 aromatic heterocycles. The van der Waals surface area contributed by atoms with Crippen molar-refractivity contribution in [2.45, 2.75) is 6.92 Å². The number of rotatable bonds is 4. The molecule has 0 bridgehead atoms. The minimum Gasteiger partial charge on any atom is -0.478 e. The molecule has 102 valence electrons. The number of nitrogens with one attached hydrogen (secondary N) is 1. The molecule has 5 heteroatoms. The van der Waals surface area contributed by atoms with Crippen molar-refractivity contribution in [1.82, 2.24) is 0 Å². The first kappa shape index (κ1) is 14.1. The number of halogens is 1. The van der Waals surface area contributed by atoms with E-state index < -0.39 is 5.97 Å². The number of aryl methyl sites for hydroxylation is 1. The maximum atomic E-state index is 11.0. The zero-order valence-corrected chi connectivity index (χ0v) is 11.6. The fourth-order valence-electron chi connectivity index (χ4n) is 1.78. The van der Waals surface area contributed by atoms with Gasteiger partial charge in [-0.15, -0.1) is 0 Å². The van der Waals surface area contributed by atoms with Gasteiger partial charge in [0.05, 0.1) is 17.5 Å². The first-order chi connectivity index (χ1) is 9.56. The molecular weight excluding hydrogens is 276 g/mol. The van der Waals surface area contributed by atoms with Crippen molar-refractivity contribution in [1.29, 1.82) is 0 Å². The zero-order valence-electron chi connectivity index (χ0n) is 10.8. The summed E-state index contributed by atoms with van der Waals surface area (Å²) in [7, 11) is 0. The highest BCUT2D eigenvalue weighted by molar-refractivity contribution is 6.30. The van der Waals surface area contributed by atoms with Crippen LogP contribution in [0.3, 0.4) is 0 Å². The summed E-state index contributed by atoms with van der Waals surface area (Å²) >= 11 is 5.95. The summed E-state index contributed by atoms with van der Waals surface area (Å²) in [6.07, 6.45) is 1.59. The second kappa shape index (κ2) is 6.21. The minimum atomic E-state index is -0.998. The fraction of sp³-hybridized carbons (Fsp3) is 0.0667. The second-order valence-electron chi connectivity index (χ2n) is 4.28. The fourth-order valence-corrected chi connectivity index (χ4v) is 2.08. The molecule has 20 heavy (non-hydrogen) atoms. The van der Waals surface area contributed by atoms with Crippen molar-refractivity contribution in [3.8, 4) is 0 Å². The van der Waals surface area contributed by atoms with Gasteiger partial charge in [-0.25, -0.2) is 4.79 Å². The van der Waals surface area contributed by atoms with Crippen molar-refractivity contribution in [2.75, 3.05) is 5.43 Å². The lowest BCUT2D eigenvalue weighted by Gasteiger charge is -2.04. The van der Waals surface area contributed by atoms with E-state index in [4.69, 9.17) is 16.7 Å². The maximum absolute atomic E-state index is 11.0. The van der Waals surface area contributed by atoms with Crippen LogP contribution in [0.2, 0.25) is 5.02 Å². The monoisotopic (exact) mass is 288 g/mol. The van der Waals surface area contributed by atoms with Crippen LogP contribution in [0.25, 0.3) is 0 Å². The predicted molar refractivity (Wildman–Crippen MR) is 80.8 cm³/mol. The molecular formula is C15H13ClN2O2. The molecule has 4 nitrogen and oxygen atoms in total. The van der Waals surface area contributed by atoms with Crippen LogP contribution in [0.1, 0.15) is 21.5 Å². The Morgan fingerprint density at radius 1 is 1.30 bits per heavy atom. The average molecular weight is 289 g/mol. The molecule has 0 saturated carbocycles. The molecule has 2 aromatic carbocycles. The van der Waals surface area contributed by atoms with E-state index in [1.165, 1.54) is 6.07 Å². The summed E-state index contributed by atoms with van der Waals surface area (Å²) in [5, 5.41) is 13.7. The van der Waals surface area contributed by atoms with Gasteiger partial charge in [0.2, 0.25) is 0 Å². The molecule has 0 amide bonds. The molecule has 0 aliphatic heterocycles. The van der Waals surface area contributed by atoms with Gasteiger partial charge in [0.15, 0.2) is 0 Å². The molecule has 2 N–H and O–H groups in total. The minimum absolute atomic E-state index is 0.173. The number of hydrogen-bond donors (Lipinski definition) is 2. The van der Waals surface area contributed by atoms with Crippen molar-refractivity contribution < 1.29 is 9.90 Å². The molecule has 0 unspecified atom stereocenters. The summed E-state index contributed by atoms with van der Waals surface area (Å²) in [6.45, 7) is 1.94. The lowest BCUT2D eigenvalue weighted by Crippen LogP contribution is -2.02. The van der Waals surface area contributed by atoms with Crippen LogP contribution in [0, 0.1) is 6.92 Å². The number of nitrogens with zero attached hydrogens (tertiary/aromatic N) is 1. The summed E-state index contributed by atoms with van der Waals surface area (Å²) in [6, 6.07) is 12.1. The largest absolute Gasteiger partial charge is 0.478 e. The van der Waals surface area contributed by atoms with Crippen molar-refractivity contribution >= 4 is 29.5 Å².